The maximum Gasteiger partial charge on any atom is 0.224 e. The minimum atomic E-state index is -0.304. The molecule has 1 amide bonds. The maximum atomic E-state index is 13.0. The van der Waals surface area contributed by atoms with E-state index in [1.54, 1.807) is 13.0 Å². The highest BCUT2D eigenvalue weighted by molar-refractivity contribution is 5.91. The molecule has 110 valence electrons. The van der Waals surface area contributed by atoms with E-state index in [-0.39, 0.29) is 11.7 Å². The summed E-state index contributed by atoms with van der Waals surface area (Å²) in [6, 6.07) is 13.8. The van der Waals surface area contributed by atoms with Crippen LogP contribution in [0.1, 0.15) is 18.4 Å². The SMILES string of the molecule is Cc1cc(F)ccc1NC(=O)CCCOc1ccccc1. The number of carbonyl (C=O) groups is 1. The number of halogens is 1. The lowest BCUT2D eigenvalue weighted by Gasteiger charge is -2.09. The molecule has 2 rings (SSSR count). The number of hydrogen-bond donors (Lipinski definition) is 1. The van der Waals surface area contributed by atoms with Gasteiger partial charge in [0.1, 0.15) is 11.6 Å². The van der Waals surface area contributed by atoms with Crippen molar-refractivity contribution in [2.24, 2.45) is 0 Å². The molecule has 0 unspecified atom stereocenters. The number of nitrogens with one attached hydrogen (secondary N) is 1. The molecule has 0 heterocycles. The number of anilines is 1. The van der Waals surface area contributed by atoms with Crippen LogP contribution in [0.2, 0.25) is 0 Å². The van der Waals surface area contributed by atoms with Gasteiger partial charge in [-0.05, 0) is 49.2 Å². The topological polar surface area (TPSA) is 38.3 Å². The molecule has 0 atom stereocenters. The summed E-state index contributed by atoms with van der Waals surface area (Å²) in [7, 11) is 0. The first-order valence-corrected chi connectivity index (χ1v) is 6.89. The molecule has 0 saturated carbocycles. The van der Waals surface area contributed by atoms with Gasteiger partial charge in [-0.3, -0.25) is 4.79 Å². The van der Waals surface area contributed by atoms with Crippen molar-refractivity contribution in [2.45, 2.75) is 19.8 Å². The number of hydrogen-bond acceptors (Lipinski definition) is 2. The molecule has 0 aliphatic carbocycles. The van der Waals surface area contributed by atoms with Crippen LogP contribution >= 0.6 is 0 Å². The van der Waals surface area contributed by atoms with Crippen molar-refractivity contribution >= 4 is 11.6 Å². The zero-order chi connectivity index (χ0) is 15.1. The summed E-state index contributed by atoms with van der Waals surface area (Å²) in [5, 5.41) is 2.77. The first-order chi connectivity index (χ1) is 10.1. The lowest BCUT2D eigenvalue weighted by Crippen LogP contribution is -2.13. The molecule has 21 heavy (non-hydrogen) atoms. The molecule has 1 N–H and O–H groups in total. The second-order valence-corrected chi connectivity index (χ2v) is 4.77. The first-order valence-electron chi connectivity index (χ1n) is 6.89. The molecule has 0 fully saturated rings. The Labute approximate surface area is 123 Å². The van der Waals surface area contributed by atoms with E-state index in [4.69, 9.17) is 4.74 Å². The lowest BCUT2D eigenvalue weighted by molar-refractivity contribution is -0.116. The molecule has 0 radical (unpaired) electrons. The predicted octanol–water partition coefficient (Wildman–Crippen LogP) is 3.93. The monoisotopic (exact) mass is 287 g/mol. The lowest BCUT2D eigenvalue weighted by atomic mass is 10.2. The molecule has 0 saturated heterocycles. The van der Waals surface area contributed by atoms with E-state index < -0.39 is 0 Å². The second kappa shape index (κ2) is 7.43. The van der Waals surface area contributed by atoms with Crippen molar-refractivity contribution in [2.75, 3.05) is 11.9 Å². The Hall–Kier alpha value is -2.36. The molecule has 2 aromatic rings. The minimum Gasteiger partial charge on any atom is -0.494 e. The van der Waals surface area contributed by atoms with E-state index in [1.165, 1.54) is 12.1 Å². The number of ether oxygens (including phenoxy) is 1. The molecule has 3 nitrogen and oxygen atoms in total. The zero-order valence-electron chi connectivity index (χ0n) is 11.9. The summed E-state index contributed by atoms with van der Waals surface area (Å²) in [4.78, 5) is 11.8. The number of rotatable bonds is 6. The van der Waals surface area contributed by atoms with Crippen molar-refractivity contribution in [1.29, 1.82) is 0 Å². The number of benzene rings is 2. The minimum absolute atomic E-state index is 0.0960. The highest BCUT2D eigenvalue weighted by Gasteiger charge is 2.05. The van der Waals surface area contributed by atoms with Gasteiger partial charge in [-0.2, -0.15) is 0 Å². The summed E-state index contributed by atoms with van der Waals surface area (Å²) < 4.78 is 18.5. The Kier molecular flexibility index (Phi) is 5.32. The largest absolute Gasteiger partial charge is 0.494 e. The van der Waals surface area contributed by atoms with Crippen LogP contribution in [-0.4, -0.2) is 12.5 Å². The van der Waals surface area contributed by atoms with Crippen molar-refractivity contribution < 1.29 is 13.9 Å². The van der Waals surface area contributed by atoms with E-state index in [0.29, 0.717) is 30.7 Å². The van der Waals surface area contributed by atoms with E-state index in [9.17, 15) is 9.18 Å². The molecule has 0 aliphatic rings. The van der Waals surface area contributed by atoms with Gasteiger partial charge in [0, 0.05) is 12.1 Å². The van der Waals surface area contributed by atoms with Gasteiger partial charge in [0.05, 0.1) is 6.61 Å². The summed E-state index contributed by atoms with van der Waals surface area (Å²) in [5.41, 5.74) is 1.36. The van der Waals surface area contributed by atoms with E-state index >= 15 is 0 Å². The van der Waals surface area contributed by atoms with E-state index in [1.807, 2.05) is 30.3 Å². The maximum absolute atomic E-state index is 13.0. The molecule has 0 spiro atoms. The number of carbonyl (C=O) groups excluding carboxylic acids is 1. The van der Waals surface area contributed by atoms with Gasteiger partial charge in [-0.15, -0.1) is 0 Å². The Balaban J connectivity index is 1.72. The van der Waals surface area contributed by atoms with E-state index in [0.717, 1.165) is 5.75 Å². The second-order valence-electron chi connectivity index (χ2n) is 4.77. The third-order valence-electron chi connectivity index (χ3n) is 3.02. The fourth-order valence-corrected chi connectivity index (χ4v) is 1.92. The van der Waals surface area contributed by atoms with Crippen LogP contribution in [0.4, 0.5) is 10.1 Å². The molecular weight excluding hydrogens is 269 g/mol. The summed E-state index contributed by atoms with van der Waals surface area (Å²) in [6.07, 6.45) is 0.991. The Morgan fingerprint density at radius 2 is 1.95 bits per heavy atom. The van der Waals surface area contributed by atoms with Crippen LogP contribution in [0.25, 0.3) is 0 Å². The Morgan fingerprint density at radius 3 is 2.67 bits per heavy atom. The number of aryl methyl sites for hydroxylation is 1. The van der Waals surface area contributed by atoms with Gasteiger partial charge in [0.25, 0.3) is 0 Å². The number of amides is 1. The Morgan fingerprint density at radius 1 is 1.19 bits per heavy atom. The number of para-hydroxylation sites is 1. The molecular formula is C17H18FNO2. The fraction of sp³-hybridized carbons (Fsp3) is 0.235. The Bertz CT molecular complexity index is 599. The average Bonchev–Trinajstić information content (AvgIpc) is 2.48. The molecule has 2 aromatic carbocycles. The van der Waals surface area contributed by atoms with Gasteiger partial charge in [0.2, 0.25) is 5.91 Å². The van der Waals surface area contributed by atoms with Gasteiger partial charge >= 0.3 is 0 Å². The summed E-state index contributed by atoms with van der Waals surface area (Å²) >= 11 is 0. The molecule has 0 aliphatic heterocycles. The van der Waals surface area contributed by atoms with Crippen molar-refractivity contribution in [1.82, 2.24) is 0 Å². The van der Waals surface area contributed by atoms with Crippen LogP contribution in [0.15, 0.2) is 48.5 Å². The average molecular weight is 287 g/mol. The van der Waals surface area contributed by atoms with Gasteiger partial charge in [-0.1, -0.05) is 18.2 Å². The van der Waals surface area contributed by atoms with Crippen molar-refractivity contribution in [3.8, 4) is 5.75 Å². The highest BCUT2D eigenvalue weighted by atomic mass is 19.1. The highest BCUT2D eigenvalue weighted by Crippen LogP contribution is 2.16. The normalized spacial score (nSPS) is 10.2. The van der Waals surface area contributed by atoms with Gasteiger partial charge in [-0.25, -0.2) is 4.39 Å². The van der Waals surface area contributed by atoms with Crippen LogP contribution in [-0.2, 0) is 4.79 Å². The smallest absolute Gasteiger partial charge is 0.224 e. The van der Waals surface area contributed by atoms with Crippen LogP contribution < -0.4 is 10.1 Å². The quantitative estimate of drug-likeness (QED) is 0.817. The molecule has 4 heteroatoms. The van der Waals surface area contributed by atoms with Gasteiger partial charge in [0.15, 0.2) is 0 Å². The molecule has 0 bridgehead atoms. The van der Waals surface area contributed by atoms with Crippen LogP contribution in [0, 0.1) is 12.7 Å². The zero-order valence-corrected chi connectivity index (χ0v) is 11.9. The van der Waals surface area contributed by atoms with Crippen molar-refractivity contribution in [3.63, 3.8) is 0 Å². The predicted molar refractivity (Wildman–Crippen MR) is 80.9 cm³/mol. The first kappa shape index (κ1) is 15.0. The fourth-order valence-electron chi connectivity index (χ4n) is 1.92. The summed E-state index contributed by atoms with van der Waals surface area (Å²) in [6.45, 7) is 2.25. The van der Waals surface area contributed by atoms with Crippen LogP contribution in [0.3, 0.4) is 0 Å². The molecule has 0 aromatic heterocycles. The van der Waals surface area contributed by atoms with Crippen molar-refractivity contribution in [3.05, 3.63) is 59.9 Å². The standard InChI is InChI=1S/C17H18FNO2/c1-13-12-14(18)9-10-16(13)19-17(20)8-5-11-21-15-6-3-2-4-7-15/h2-4,6-7,9-10,12H,5,8,11H2,1H3,(H,19,20). The van der Waals surface area contributed by atoms with Gasteiger partial charge < -0.3 is 10.1 Å². The van der Waals surface area contributed by atoms with E-state index in [2.05, 4.69) is 5.32 Å². The van der Waals surface area contributed by atoms with Crippen LogP contribution in [0.5, 0.6) is 5.75 Å². The third-order valence-corrected chi connectivity index (χ3v) is 3.02. The summed E-state index contributed by atoms with van der Waals surface area (Å²) in [5.74, 6) is 0.399. The third kappa shape index (κ3) is 4.91.